The number of hydrogen-bond donors (Lipinski definition) is 1. The molecule has 118 valence electrons. The van der Waals surface area contributed by atoms with Gasteiger partial charge >= 0.3 is 0 Å². The number of rotatable bonds is 6. The van der Waals surface area contributed by atoms with Crippen LogP contribution in [0.3, 0.4) is 0 Å². The van der Waals surface area contributed by atoms with Crippen LogP contribution in [0, 0.1) is 0 Å². The summed E-state index contributed by atoms with van der Waals surface area (Å²) in [5.74, 6) is 0.347. The van der Waals surface area contributed by atoms with Crippen LogP contribution >= 0.6 is 22.9 Å². The number of hydrogen-bond acceptors (Lipinski definition) is 4. The Labute approximate surface area is 139 Å². The molecule has 2 aromatic rings. The van der Waals surface area contributed by atoms with E-state index < -0.39 is 0 Å². The van der Waals surface area contributed by atoms with Crippen LogP contribution in [0.5, 0.6) is 5.75 Å². The normalized spacial score (nSPS) is 10.5. The number of benzene rings is 1. The van der Waals surface area contributed by atoms with Crippen molar-refractivity contribution in [1.82, 2.24) is 4.90 Å². The molecular formula is C16H19ClN2O2S. The largest absolute Gasteiger partial charge is 0.496 e. The number of methoxy groups -OCH3 is 1. The summed E-state index contributed by atoms with van der Waals surface area (Å²) in [6.07, 6.45) is 0.836. The molecule has 1 amide bonds. The molecule has 22 heavy (non-hydrogen) atoms. The summed E-state index contributed by atoms with van der Waals surface area (Å²) in [7, 11) is 1.52. The number of nitrogen functional groups attached to an aromatic ring is 1. The fraction of sp³-hybridized carbons (Fsp3) is 0.312. The van der Waals surface area contributed by atoms with Crippen molar-refractivity contribution in [1.29, 1.82) is 0 Å². The van der Waals surface area contributed by atoms with Crippen LogP contribution in [0.25, 0.3) is 0 Å². The van der Waals surface area contributed by atoms with E-state index in [1.807, 2.05) is 18.4 Å². The summed E-state index contributed by atoms with van der Waals surface area (Å²) >= 11 is 7.74. The number of carbonyl (C=O) groups excluding carboxylic acids is 1. The molecule has 0 fully saturated rings. The topological polar surface area (TPSA) is 55.6 Å². The van der Waals surface area contributed by atoms with Gasteiger partial charge in [-0.1, -0.05) is 17.7 Å². The van der Waals surface area contributed by atoms with Crippen molar-refractivity contribution < 1.29 is 9.53 Å². The molecule has 0 aliphatic heterocycles. The predicted molar refractivity (Wildman–Crippen MR) is 92.0 cm³/mol. The van der Waals surface area contributed by atoms with E-state index in [4.69, 9.17) is 22.1 Å². The van der Waals surface area contributed by atoms with Gasteiger partial charge in [-0.05, 0) is 30.9 Å². The average molecular weight is 339 g/mol. The third kappa shape index (κ3) is 3.72. The van der Waals surface area contributed by atoms with Crippen molar-refractivity contribution in [3.63, 3.8) is 0 Å². The molecule has 1 aromatic carbocycles. The Morgan fingerprint density at radius 2 is 2.23 bits per heavy atom. The van der Waals surface area contributed by atoms with E-state index in [9.17, 15) is 4.79 Å². The first kappa shape index (κ1) is 16.6. The number of nitrogens with zero attached hydrogens (tertiary/aromatic N) is 1. The second-order valence-electron chi connectivity index (χ2n) is 4.79. The van der Waals surface area contributed by atoms with Crippen molar-refractivity contribution in [3.8, 4) is 5.75 Å². The molecule has 0 aliphatic carbocycles. The van der Waals surface area contributed by atoms with Gasteiger partial charge in [0.25, 0.3) is 5.91 Å². The van der Waals surface area contributed by atoms with Crippen LogP contribution < -0.4 is 10.5 Å². The molecule has 0 spiro atoms. The first-order valence-electron chi connectivity index (χ1n) is 7.01. The number of ether oxygens (including phenoxy) is 1. The van der Waals surface area contributed by atoms with E-state index in [-0.39, 0.29) is 5.91 Å². The van der Waals surface area contributed by atoms with Gasteiger partial charge < -0.3 is 15.4 Å². The summed E-state index contributed by atoms with van der Waals surface area (Å²) < 4.78 is 5.26. The number of carbonyl (C=O) groups is 1. The molecule has 2 N–H and O–H groups in total. The van der Waals surface area contributed by atoms with Gasteiger partial charge in [-0.15, -0.1) is 11.3 Å². The fourth-order valence-electron chi connectivity index (χ4n) is 2.18. The maximum absolute atomic E-state index is 12.7. The lowest BCUT2D eigenvalue weighted by Crippen LogP contribution is -2.33. The summed E-state index contributed by atoms with van der Waals surface area (Å²) in [6, 6.07) is 7.25. The minimum Gasteiger partial charge on any atom is -0.496 e. The zero-order valence-electron chi connectivity index (χ0n) is 12.6. The second-order valence-corrected chi connectivity index (χ2v) is 6.23. The molecule has 4 nitrogen and oxygen atoms in total. The number of halogens is 1. The van der Waals surface area contributed by atoms with Gasteiger partial charge in [0.15, 0.2) is 0 Å². The average Bonchev–Trinajstić information content (AvgIpc) is 3.03. The van der Waals surface area contributed by atoms with Crippen molar-refractivity contribution in [2.45, 2.75) is 13.3 Å². The second kappa shape index (κ2) is 7.51. The molecule has 1 heterocycles. The maximum atomic E-state index is 12.7. The molecule has 0 saturated heterocycles. The quantitative estimate of drug-likeness (QED) is 0.817. The maximum Gasteiger partial charge on any atom is 0.257 e. The van der Waals surface area contributed by atoms with Gasteiger partial charge in [0.05, 0.1) is 23.4 Å². The molecule has 6 heteroatoms. The van der Waals surface area contributed by atoms with Gasteiger partial charge in [0, 0.05) is 24.0 Å². The number of anilines is 1. The number of amides is 1. The van der Waals surface area contributed by atoms with E-state index in [1.54, 1.807) is 28.4 Å². The Balaban J connectivity index is 2.19. The van der Waals surface area contributed by atoms with Gasteiger partial charge in [-0.25, -0.2) is 0 Å². The Morgan fingerprint density at radius 1 is 1.45 bits per heavy atom. The molecule has 0 atom stereocenters. The standard InChI is InChI=1S/C16H19ClN2O2S/c1-3-19(7-6-11-5-4-8-22-11)16(20)12-9-13(17)14(18)10-15(12)21-2/h4-5,8-10H,3,6-7,18H2,1-2H3. The third-order valence-electron chi connectivity index (χ3n) is 3.43. The molecule has 0 saturated carbocycles. The summed E-state index contributed by atoms with van der Waals surface area (Å²) in [6.45, 7) is 3.23. The Bertz CT molecular complexity index is 644. The van der Waals surface area contributed by atoms with Crippen molar-refractivity contribution >= 4 is 34.5 Å². The highest BCUT2D eigenvalue weighted by Crippen LogP contribution is 2.29. The molecule has 2 rings (SSSR count). The SMILES string of the molecule is CCN(CCc1cccs1)C(=O)c1cc(Cl)c(N)cc1OC. The summed E-state index contributed by atoms with van der Waals surface area (Å²) in [4.78, 5) is 15.8. The predicted octanol–water partition coefficient (Wildman–Crippen LogP) is 3.70. The van der Waals surface area contributed by atoms with Crippen LogP contribution in [-0.2, 0) is 6.42 Å². The first-order chi connectivity index (χ1) is 10.6. The van der Waals surface area contributed by atoms with E-state index in [1.165, 1.54) is 12.0 Å². The van der Waals surface area contributed by atoms with Gasteiger partial charge in [-0.2, -0.15) is 0 Å². The van der Waals surface area contributed by atoms with Gasteiger partial charge in [0.2, 0.25) is 0 Å². The van der Waals surface area contributed by atoms with E-state index in [0.717, 1.165) is 6.42 Å². The highest BCUT2D eigenvalue weighted by atomic mass is 35.5. The molecule has 0 bridgehead atoms. The van der Waals surface area contributed by atoms with Crippen molar-refractivity contribution in [2.24, 2.45) is 0 Å². The minimum absolute atomic E-state index is 0.0993. The zero-order valence-corrected chi connectivity index (χ0v) is 14.2. The highest BCUT2D eigenvalue weighted by Gasteiger charge is 2.20. The third-order valence-corrected chi connectivity index (χ3v) is 4.69. The van der Waals surface area contributed by atoms with Crippen LogP contribution in [0.4, 0.5) is 5.69 Å². The lowest BCUT2D eigenvalue weighted by Gasteiger charge is -2.22. The minimum atomic E-state index is -0.0993. The highest BCUT2D eigenvalue weighted by molar-refractivity contribution is 7.09. The van der Waals surface area contributed by atoms with Crippen LogP contribution in [0.2, 0.25) is 5.02 Å². The smallest absolute Gasteiger partial charge is 0.257 e. The summed E-state index contributed by atoms with van der Waals surface area (Å²) in [5.41, 5.74) is 6.60. The Morgan fingerprint density at radius 3 is 2.82 bits per heavy atom. The number of nitrogens with two attached hydrogens (primary N) is 1. The van der Waals surface area contributed by atoms with Gasteiger partial charge in [0.1, 0.15) is 5.75 Å². The lowest BCUT2D eigenvalue weighted by atomic mass is 10.1. The van der Waals surface area contributed by atoms with E-state index in [2.05, 4.69) is 6.07 Å². The van der Waals surface area contributed by atoms with E-state index in [0.29, 0.717) is 35.1 Å². The molecule has 0 aliphatic rings. The molecule has 1 aromatic heterocycles. The van der Waals surface area contributed by atoms with Crippen molar-refractivity contribution in [2.75, 3.05) is 25.9 Å². The monoisotopic (exact) mass is 338 g/mol. The number of likely N-dealkylation sites (N-methyl/N-ethyl adjacent to an activating group) is 1. The molecule has 0 unspecified atom stereocenters. The Hall–Kier alpha value is -1.72. The van der Waals surface area contributed by atoms with E-state index >= 15 is 0 Å². The van der Waals surface area contributed by atoms with Crippen LogP contribution in [0.1, 0.15) is 22.2 Å². The Kier molecular flexibility index (Phi) is 5.69. The first-order valence-corrected chi connectivity index (χ1v) is 8.27. The van der Waals surface area contributed by atoms with Gasteiger partial charge in [-0.3, -0.25) is 4.79 Å². The van der Waals surface area contributed by atoms with Crippen LogP contribution in [-0.4, -0.2) is 31.0 Å². The molecule has 0 radical (unpaired) electrons. The van der Waals surface area contributed by atoms with Crippen molar-refractivity contribution in [3.05, 3.63) is 45.1 Å². The lowest BCUT2D eigenvalue weighted by molar-refractivity contribution is 0.0763. The fourth-order valence-corrected chi connectivity index (χ4v) is 3.04. The number of thiophene rings is 1. The zero-order chi connectivity index (χ0) is 16.1. The van der Waals surface area contributed by atoms with Crippen LogP contribution in [0.15, 0.2) is 29.6 Å². The summed E-state index contributed by atoms with van der Waals surface area (Å²) in [5, 5.41) is 2.40. The molecular weight excluding hydrogens is 320 g/mol.